The van der Waals surface area contributed by atoms with Crippen LogP contribution in [0.5, 0.6) is 0 Å². The molecule has 2 atom stereocenters. The molecule has 62 heavy (non-hydrogen) atoms. The summed E-state index contributed by atoms with van der Waals surface area (Å²) < 4.78 is -0.0625. The Labute approximate surface area is 382 Å². The number of hydrogen-bond acceptors (Lipinski definition) is 0. The van der Waals surface area contributed by atoms with Gasteiger partial charge in [-0.25, -0.2) is 0 Å². The molecule has 2 aliphatic carbocycles. The second-order valence-electron chi connectivity index (χ2n) is 19.7. The predicted molar refractivity (Wildman–Crippen MR) is 274 cm³/mol. The van der Waals surface area contributed by atoms with Crippen LogP contribution in [0.1, 0.15) is 114 Å². The number of allylic oxidation sites excluding steroid dienone is 2. The minimum absolute atomic E-state index is 0.0313. The van der Waals surface area contributed by atoms with Crippen molar-refractivity contribution in [3.05, 3.63) is 175 Å². The van der Waals surface area contributed by atoms with Gasteiger partial charge in [0.05, 0.1) is 0 Å². The summed E-state index contributed by atoms with van der Waals surface area (Å²) in [6.45, 7) is 27.5. The first-order valence-corrected chi connectivity index (χ1v) is 39.4. The fourth-order valence-electron chi connectivity index (χ4n) is 11.7. The summed E-state index contributed by atoms with van der Waals surface area (Å²) in [6, 6.07) is 37.8. The summed E-state index contributed by atoms with van der Waals surface area (Å²) in [5, 5.41) is 0. The Bertz CT molecular complexity index is 2570. The van der Waals surface area contributed by atoms with Crippen LogP contribution in [0.2, 0.25) is 13.1 Å². The first-order chi connectivity index (χ1) is 29.4. The number of rotatable bonds is 11. The average Bonchev–Trinajstić information content (AvgIpc) is 3.76. The predicted octanol–water partition coefficient (Wildman–Crippen LogP) is 18.0. The van der Waals surface area contributed by atoms with Gasteiger partial charge in [0, 0.05) is 0 Å². The third-order valence-electron chi connectivity index (χ3n) is 14.0. The third kappa shape index (κ3) is 7.89. The molecule has 6 aromatic rings. The molecule has 0 nitrogen and oxygen atoms in total. The summed E-state index contributed by atoms with van der Waals surface area (Å²) >= 11 is -5.33. The van der Waals surface area contributed by atoms with Gasteiger partial charge in [0.25, 0.3) is 0 Å². The second kappa shape index (κ2) is 17.1. The SMILES string of the molecule is CCCC1=Cc2c(-c3cc(C)cc(C)c3)ccc(-c3cc(C)cc(C)c3)c2[CH]1[Zr]([Cl])([Cl])([CH]1C(CCC)=Cc2c(-c3cc(C)cc(C)c3)ccc(-c3cc(C)cc(C)c3)c21)[SiH](C)C. The summed E-state index contributed by atoms with van der Waals surface area (Å²) in [4.78, 5) is 0. The number of halogens is 2. The molecule has 6 aromatic carbocycles. The van der Waals surface area contributed by atoms with Gasteiger partial charge in [-0.05, 0) is 0 Å². The van der Waals surface area contributed by atoms with Crippen molar-refractivity contribution >= 4 is 35.1 Å². The van der Waals surface area contributed by atoms with E-state index in [1.807, 2.05) is 0 Å². The van der Waals surface area contributed by atoms with Crippen LogP contribution < -0.4 is 0 Å². The zero-order valence-electron chi connectivity index (χ0n) is 39.2. The first kappa shape index (κ1) is 45.1. The molecule has 4 heteroatoms. The summed E-state index contributed by atoms with van der Waals surface area (Å²) in [5.74, 6) is -1.89. The van der Waals surface area contributed by atoms with E-state index >= 15 is 0 Å². The molecular formula is C58H65Cl2SiZr. The molecule has 0 aromatic heterocycles. The molecule has 0 fully saturated rings. The maximum absolute atomic E-state index is 9.36. The fourth-order valence-corrected chi connectivity index (χ4v) is 43.0. The van der Waals surface area contributed by atoms with Gasteiger partial charge in [0.15, 0.2) is 0 Å². The Kier molecular flexibility index (Phi) is 12.4. The zero-order chi connectivity index (χ0) is 44.4. The van der Waals surface area contributed by atoms with Gasteiger partial charge in [-0.3, -0.25) is 0 Å². The zero-order valence-corrected chi connectivity index (χ0v) is 44.3. The van der Waals surface area contributed by atoms with E-state index in [0.717, 1.165) is 25.7 Å². The molecule has 0 radical (unpaired) electrons. The Morgan fingerprint density at radius 1 is 0.419 bits per heavy atom. The monoisotopic (exact) mass is 949 g/mol. The molecule has 0 aliphatic heterocycles. The van der Waals surface area contributed by atoms with Crippen molar-refractivity contribution in [2.45, 2.75) is 115 Å². The van der Waals surface area contributed by atoms with E-state index in [1.54, 1.807) is 0 Å². The molecule has 0 amide bonds. The molecule has 0 spiro atoms. The van der Waals surface area contributed by atoms with Gasteiger partial charge in [0.2, 0.25) is 0 Å². The van der Waals surface area contributed by atoms with Gasteiger partial charge >= 0.3 is 385 Å². The van der Waals surface area contributed by atoms with Crippen molar-refractivity contribution in [2.24, 2.45) is 0 Å². The molecule has 0 saturated heterocycles. The Morgan fingerprint density at radius 2 is 0.677 bits per heavy atom. The average molecular weight is 952 g/mol. The summed E-state index contributed by atoms with van der Waals surface area (Å²) in [5.41, 5.74) is 28.8. The molecule has 0 heterocycles. The molecular weight excluding hydrogens is 887 g/mol. The van der Waals surface area contributed by atoms with Crippen LogP contribution >= 0.6 is 17.0 Å². The van der Waals surface area contributed by atoms with Gasteiger partial charge in [-0.1, -0.05) is 0 Å². The minimum atomic E-state index is -5.33. The molecule has 319 valence electrons. The number of aryl methyl sites for hydroxylation is 8. The van der Waals surface area contributed by atoms with Crippen LogP contribution in [0.25, 0.3) is 56.7 Å². The van der Waals surface area contributed by atoms with Crippen LogP contribution in [-0.4, -0.2) is 5.92 Å². The number of benzene rings is 6. The van der Waals surface area contributed by atoms with Crippen molar-refractivity contribution in [3.63, 3.8) is 0 Å². The Hall–Kier alpha value is -3.52. The quantitative estimate of drug-likeness (QED) is 0.114. The number of hydrogen-bond donors (Lipinski definition) is 0. The molecule has 2 unspecified atom stereocenters. The standard InChI is InChI=1S/2C28H29.C2H7Si.2ClH.Zr/c2*1-6-7-22-16-27-25(23-12-18(2)10-19(3)13-23)8-9-26(28(27)17-22)24-14-20(4)11-21(5)15-24;1-3-2;;;/h2*8-17H,6-7H2,1-5H3;3H,1-2H3;2*1H;/q;;;;;+2/p-2. The molecule has 0 bridgehead atoms. The second-order valence-corrected chi connectivity index (χ2v) is 62.2. The first-order valence-electron chi connectivity index (χ1n) is 23.1. The molecule has 0 saturated carbocycles. The van der Waals surface area contributed by atoms with Crippen LogP contribution in [0.3, 0.4) is 0 Å². The van der Waals surface area contributed by atoms with E-state index in [2.05, 4.69) is 192 Å². The summed E-state index contributed by atoms with van der Waals surface area (Å²) in [7, 11) is 18.7. The fraction of sp³-hybridized carbons (Fsp3) is 0.310. The van der Waals surface area contributed by atoms with Crippen LogP contribution in [0.4, 0.5) is 0 Å². The van der Waals surface area contributed by atoms with Crippen LogP contribution in [0, 0.1) is 55.4 Å². The van der Waals surface area contributed by atoms with Crippen molar-refractivity contribution < 1.29 is 15.6 Å². The maximum atomic E-state index is 9.36. The van der Waals surface area contributed by atoms with Crippen LogP contribution in [0.15, 0.2) is 108 Å². The number of fused-ring (bicyclic) bond motifs is 2. The summed E-state index contributed by atoms with van der Waals surface area (Å²) in [6.07, 6.45) is 9.18. The normalized spacial score (nSPS) is 16.5. The van der Waals surface area contributed by atoms with E-state index in [1.165, 1.54) is 122 Å². The van der Waals surface area contributed by atoms with Crippen molar-refractivity contribution in [1.82, 2.24) is 0 Å². The van der Waals surface area contributed by atoms with Gasteiger partial charge in [-0.15, -0.1) is 0 Å². The van der Waals surface area contributed by atoms with E-state index < -0.39 is 21.5 Å². The van der Waals surface area contributed by atoms with Gasteiger partial charge in [-0.2, -0.15) is 0 Å². The van der Waals surface area contributed by atoms with E-state index in [4.69, 9.17) is 0 Å². The van der Waals surface area contributed by atoms with E-state index in [0.29, 0.717) is 0 Å². The third-order valence-corrected chi connectivity index (χ3v) is 65.7. The van der Waals surface area contributed by atoms with Crippen molar-refractivity contribution in [2.75, 3.05) is 0 Å². The molecule has 0 N–H and O–H groups in total. The van der Waals surface area contributed by atoms with E-state index in [-0.39, 0.29) is 7.25 Å². The van der Waals surface area contributed by atoms with Crippen molar-refractivity contribution in [3.8, 4) is 44.5 Å². The van der Waals surface area contributed by atoms with Crippen molar-refractivity contribution in [1.29, 1.82) is 0 Å². The molecule has 8 rings (SSSR count). The Morgan fingerprint density at radius 3 is 0.935 bits per heavy atom. The molecule has 2 aliphatic rings. The van der Waals surface area contributed by atoms with Crippen LogP contribution in [-0.2, 0) is 15.6 Å². The Balaban J connectivity index is 1.51. The van der Waals surface area contributed by atoms with Gasteiger partial charge in [0.1, 0.15) is 0 Å². The van der Waals surface area contributed by atoms with Gasteiger partial charge < -0.3 is 0 Å². The topological polar surface area (TPSA) is 0 Å². The van der Waals surface area contributed by atoms with E-state index in [9.17, 15) is 17.0 Å².